The van der Waals surface area contributed by atoms with Crippen molar-refractivity contribution in [2.75, 3.05) is 31.1 Å². The van der Waals surface area contributed by atoms with Crippen LogP contribution in [0.2, 0.25) is 0 Å². The van der Waals surface area contributed by atoms with E-state index in [0.29, 0.717) is 0 Å². The Morgan fingerprint density at radius 3 is 2.53 bits per heavy atom. The van der Waals surface area contributed by atoms with E-state index in [4.69, 9.17) is 5.11 Å². The fraction of sp³-hybridized carbons (Fsp3) is 0.700. The van der Waals surface area contributed by atoms with E-state index in [9.17, 15) is 4.79 Å². The number of aliphatic carboxylic acids is 1. The molecule has 1 saturated heterocycles. The molecule has 0 radical (unpaired) electrons. The highest BCUT2D eigenvalue weighted by Gasteiger charge is 2.26. The maximum absolute atomic E-state index is 10.9. The van der Waals surface area contributed by atoms with Crippen LogP contribution in [0.1, 0.15) is 12.7 Å². The first kappa shape index (κ1) is 12.3. The number of carbonyl (C=O) groups is 1. The molecule has 94 valence electrons. The lowest BCUT2D eigenvalue weighted by Crippen LogP contribution is -2.51. The van der Waals surface area contributed by atoms with Gasteiger partial charge in [0.1, 0.15) is 11.9 Å². The molecule has 0 spiro atoms. The van der Waals surface area contributed by atoms with E-state index in [-0.39, 0.29) is 0 Å². The number of aromatic nitrogens is 2. The highest BCUT2D eigenvalue weighted by atomic mass is 32.1. The maximum atomic E-state index is 10.9. The van der Waals surface area contributed by atoms with Gasteiger partial charge in [-0.3, -0.25) is 9.69 Å². The van der Waals surface area contributed by atoms with Gasteiger partial charge in [-0.2, -0.15) is 4.37 Å². The summed E-state index contributed by atoms with van der Waals surface area (Å²) < 4.78 is 4.16. The molecule has 0 bridgehead atoms. The average molecular weight is 256 g/mol. The highest BCUT2D eigenvalue weighted by molar-refractivity contribution is 7.09. The van der Waals surface area contributed by atoms with Crippen LogP contribution in [0.25, 0.3) is 0 Å². The van der Waals surface area contributed by atoms with E-state index in [1.165, 1.54) is 11.5 Å². The number of carboxylic acids is 1. The van der Waals surface area contributed by atoms with Gasteiger partial charge in [0.15, 0.2) is 0 Å². The molecule has 0 unspecified atom stereocenters. The predicted molar refractivity (Wildman–Crippen MR) is 65.5 cm³/mol. The van der Waals surface area contributed by atoms with Crippen LogP contribution in [0, 0.1) is 6.92 Å². The van der Waals surface area contributed by atoms with Gasteiger partial charge < -0.3 is 10.0 Å². The van der Waals surface area contributed by atoms with Gasteiger partial charge in [0.05, 0.1) is 0 Å². The average Bonchev–Trinajstić information content (AvgIpc) is 2.75. The molecule has 1 aromatic heterocycles. The normalized spacial score (nSPS) is 19.3. The molecule has 6 nitrogen and oxygen atoms in total. The molecular weight excluding hydrogens is 240 g/mol. The minimum Gasteiger partial charge on any atom is -0.480 e. The van der Waals surface area contributed by atoms with Crippen molar-refractivity contribution in [1.29, 1.82) is 0 Å². The number of anilines is 1. The molecule has 1 aliphatic heterocycles. The first-order valence-corrected chi connectivity index (χ1v) is 6.37. The van der Waals surface area contributed by atoms with Crippen LogP contribution >= 0.6 is 11.5 Å². The largest absolute Gasteiger partial charge is 0.480 e. The first-order chi connectivity index (χ1) is 8.08. The summed E-state index contributed by atoms with van der Waals surface area (Å²) in [4.78, 5) is 19.4. The number of hydrogen-bond acceptors (Lipinski definition) is 6. The van der Waals surface area contributed by atoms with Crippen molar-refractivity contribution in [1.82, 2.24) is 14.3 Å². The SMILES string of the molecule is Cc1nsc(N2CCN([C@H](C)C(=O)O)CC2)n1. The molecular formula is C10H16N4O2S. The van der Waals surface area contributed by atoms with Gasteiger partial charge in [-0.05, 0) is 13.8 Å². The van der Waals surface area contributed by atoms with E-state index >= 15 is 0 Å². The molecule has 0 saturated carbocycles. The second-order valence-electron chi connectivity index (χ2n) is 4.16. The first-order valence-electron chi connectivity index (χ1n) is 5.60. The summed E-state index contributed by atoms with van der Waals surface area (Å²) in [7, 11) is 0. The van der Waals surface area contributed by atoms with Gasteiger partial charge in [-0.15, -0.1) is 0 Å². The van der Waals surface area contributed by atoms with Crippen LogP contribution in [-0.4, -0.2) is 57.6 Å². The number of aryl methyl sites for hydroxylation is 1. The Hall–Kier alpha value is -1.21. The third kappa shape index (κ3) is 2.73. The van der Waals surface area contributed by atoms with Crippen LogP contribution in [0.5, 0.6) is 0 Å². The summed E-state index contributed by atoms with van der Waals surface area (Å²) in [6.07, 6.45) is 0. The summed E-state index contributed by atoms with van der Waals surface area (Å²) in [5, 5.41) is 9.88. The van der Waals surface area contributed by atoms with Crippen molar-refractivity contribution < 1.29 is 9.90 Å². The lowest BCUT2D eigenvalue weighted by atomic mass is 10.2. The van der Waals surface area contributed by atoms with Crippen LogP contribution < -0.4 is 4.90 Å². The van der Waals surface area contributed by atoms with Crippen molar-refractivity contribution in [3.8, 4) is 0 Å². The predicted octanol–water partition coefficient (Wildman–Crippen LogP) is 0.442. The van der Waals surface area contributed by atoms with Gasteiger partial charge in [0, 0.05) is 37.7 Å². The zero-order valence-electron chi connectivity index (χ0n) is 9.96. The number of nitrogens with zero attached hydrogens (tertiary/aromatic N) is 4. The molecule has 1 N–H and O–H groups in total. The van der Waals surface area contributed by atoms with Crippen molar-refractivity contribution in [2.24, 2.45) is 0 Å². The summed E-state index contributed by atoms with van der Waals surface area (Å²) in [6, 6.07) is -0.409. The van der Waals surface area contributed by atoms with Crippen molar-refractivity contribution in [3.63, 3.8) is 0 Å². The topological polar surface area (TPSA) is 69.6 Å². The van der Waals surface area contributed by atoms with Gasteiger partial charge in [0.2, 0.25) is 5.13 Å². The van der Waals surface area contributed by atoms with Crippen molar-refractivity contribution >= 4 is 22.6 Å². The number of carboxylic acid groups (broad SMARTS) is 1. The van der Waals surface area contributed by atoms with Crippen LogP contribution in [0.3, 0.4) is 0 Å². The maximum Gasteiger partial charge on any atom is 0.320 e. The molecule has 0 aliphatic carbocycles. The Kier molecular flexibility index (Phi) is 3.58. The van der Waals surface area contributed by atoms with Gasteiger partial charge in [-0.25, -0.2) is 4.98 Å². The van der Waals surface area contributed by atoms with Gasteiger partial charge >= 0.3 is 5.97 Å². The molecule has 1 fully saturated rings. The minimum absolute atomic E-state index is 0.409. The van der Waals surface area contributed by atoms with Crippen LogP contribution in [0.4, 0.5) is 5.13 Å². The second-order valence-corrected chi connectivity index (χ2v) is 4.89. The molecule has 7 heteroatoms. The molecule has 2 heterocycles. The summed E-state index contributed by atoms with van der Waals surface area (Å²) >= 11 is 1.40. The number of hydrogen-bond donors (Lipinski definition) is 1. The summed E-state index contributed by atoms with van der Waals surface area (Å²) in [5.41, 5.74) is 0. The second kappa shape index (κ2) is 4.97. The van der Waals surface area contributed by atoms with E-state index in [1.807, 2.05) is 11.8 Å². The van der Waals surface area contributed by atoms with E-state index < -0.39 is 12.0 Å². The molecule has 0 amide bonds. The lowest BCUT2D eigenvalue weighted by molar-refractivity contribution is -0.142. The molecule has 1 atom stereocenters. The fourth-order valence-corrected chi connectivity index (χ4v) is 2.60. The number of rotatable bonds is 3. The zero-order chi connectivity index (χ0) is 12.4. The monoisotopic (exact) mass is 256 g/mol. The van der Waals surface area contributed by atoms with Gasteiger partial charge in [-0.1, -0.05) is 0 Å². The van der Waals surface area contributed by atoms with Crippen molar-refractivity contribution in [3.05, 3.63) is 5.82 Å². The van der Waals surface area contributed by atoms with Crippen LogP contribution in [-0.2, 0) is 4.79 Å². The summed E-state index contributed by atoms with van der Waals surface area (Å²) in [5.74, 6) is 0.0385. The quantitative estimate of drug-likeness (QED) is 0.846. The Morgan fingerprint density at radius 1 is 1.41 bits per heavy atom. The Balaban J connectivity index is 1.92. The fourth-order valence-electron chi connectivity index (χ4n) is 1.87. The summed E-state index contributed by atoms with van der Waals surface area (Å²) in [6.45, 7) is 6.74. The van der Waals surface area contributed by atoms with E-state index in [0.717, 1.165) is 37.1 Å². The zero-order valence-corrected chi connectivity index (χ0v) is 10.8. The molecule has 17 heavy (non-hydrogen) atoms. The third-order valence-electron chi connectivity index (χ3n) is 3.01. The lowest BCUT2D eigenvalue weighted by Gasteiger charge is -2.36. The van der Waals surface area contributed by atoms with Crippen LogP contribution in [0.15, 0.2) is 0 Å². The third-order valence-corrected chi connectivity index (χ3v) is 3.88. The molecule has 1 aliphatic rings. The van der Waals surface area contributed by atoms with E-state index in [1.54, 1.807) is 6.92 Å². The molecule has 0 aromatic carbocycles. The smallest absolute Gasteiger partial charge is 0.320 e. The number of piperazine rings is 1. The van der Waals surface area contributed by atoms with Gasteiger partial charge in [0.25, 0.3) is 0 Å². The van der Waals surface area contributed by atoms with Crippen molar-refractivity contribution in [2.45, 2.75) is 19.9 Å². The Morgan fingerprint density at radius 2 is 2.06 bits per heavy atom. The highest BCUT2D eigenvalue weighted by Crippen LogP contribution is 2.19. The van der Waals surface area contributed by atoms with E-state index in [2.05, 4.69) is 14.3 Å². The molecule has 2 rings (SSSR count). The Labute approximate surface area is 104 Å². The molecule has 1 aromatic rings. The standard InChI is InChI=1S/C10H16N4O2S/c1-7(9(15)16)13-3-5-14(6-4-13)10-11-8(2)12-17-10/h7H,3-6H2,1-2H3,(H,15,16)/t7-/m1/s1. The Bertz CT molecular complexity index is 401. The minimum atomic E-state index is -0.759.